The Hall–Kier alpha value is -3.22. The van der Waals surface area contributed by atoms with Crippen LogP contribution in [0.5, 0.6) is 5.75 Å². The van der Waals surface area contributed by atoms with Gasteiger partial charge in [-0.15, -0.1) is 0 Å². The third kappa shape index (κ3) is 6.83. The van der Waals surface area contributed by atoms with Crippen LogP contribution in [0, 0.1) is 11.7 Å². The zero-order valence-corrected chi connectivity index (χ0v) is 15.7. The molecule has 0 aliphatic rings. The maximum absolute atomic E-state index is 13.4. The summed E-state index contributed by atoms with van der Waals surface area (Å²) in [5.41, 5.74) is 0.919. The first kappa shape index (κ1) is 21.1. The first-order valence-corrected chi connectivity index (χ1v) is 8.81. The van der Waals surface area contributed by atoms with Crippen LogP contribution in [0.25, 0.3) is 0 Å². The minimum Gasteiger partial charge on any atom is -0.479 e. The fourth-order valence-corrected chi connectivity index (χ4v) is 2.29. The fraction of sp³-hybridized carbons (Fsp3) is 0.286. The molecule has 2 aromatic rings. The Labute approximate surface area is 162 Å². The van der Waals surface area contributed by atoms with E-state index in [-0.39, 0.29) is 17.6 Å². The van der Waals surface area contributed by atoms with Gasteiger partial charge in [-0.2, -0.15) is 0 Å². The van der Waals surface area contributed by atoms with Crippen molar-refractivity contribution in [1.82, 2.24) is 0 Å². The number of benzene rings is 2. The number of halogens is 1. The van der Waals surface area contributed by atoms with Gasteiger partial charge in [0.2, 0.25) is 5.91 Å². The summed E-state index contributed by atoms with van der Waals surface area (Å²) in [6.45, 7) is 2.93. The fourth-order valence-electron chi connectivity index (χ4n) is 2.29. The number of esters is 1. The average Bonchev–Trinajstić information content (AvgIpc) is 2.65. The van der Waals surface area contributed by atoms with E-state index in [1.165, 1.54) is 30.3 Å². The monoisotopic (exact) mass is 387 g/mol. The van der Waals surface area contributed by atoms with Gasteiger partial charge in [0, 0.05) is 17.7 Å². The third-order valence-electron chi connectivity index (χ3n) is 3.63. The van der Waals surface area contributed by atoms with Gasteiger partial charge < -0.3 is 14.8 Å². The molecule has 0 aliphatic heterocycles. The Morgan fingerprint density at radius 1 is 1.00 bits per heavy atom. The van der Waals surface area contributed by atoms with Gasteiger partial charge in [-0.05, 0) is 42.3 Å². The van der Waals surface area contributed by atoms with Crippen LogP contribution in [-0.2, 0) is 14.3 Å². The van der Waals surface area contributed by atoms with Crippen molar-refractivity contribution < 1.29 is 28.2 Å². The first-order chi connectivity index (χ1) is 13.3. The second-order valence-corrected chi connectivity index (χ2v) is 6.53. The Kier molecular flexibility index (Phi) is 7.68. The summed E-state index contributed by atoms with van der Waals surface area (Å²) in [6, 6.07) is 12.0. The van der Waals surface area contributed by atoms with Crippen LogP contribution >= 0.6 is 0 Å². The predicted molar refractivity (Wildman–Crippen MR) is 102 cm³/mol. The SMILES string of the molecule is CC(C)CC(=O)Nc1ccc(C(=O)COC(=O)COc2ccccc2F)cc1. The Bertz CT molecular complexity index is 833. The summed E-state index contributed by atoms with van der Waals surface area (Å²) in [6.07, 6.45) is 0.408. The summed E-state index contributed by atoms with van der Waals surface area (Å²) in [5, 5.41) is 2.74. The van der Waals surface area contributed by atoms with Crippen LogP contribution in [0.2, 0.25) is 0 Å². The van der Waals surface area contributed by atoms with Gasteiger partial charge >= 0.3 is 5.97 Å². The summed E-state index contributed by atoms with van der Waals surface area (Å²) in [5.74, 6) is -1.70. The molecule has 0 bridgehead atoms. The predicted octanol–water partition coefficient (Wildman–Crippen LogP) is 3.62. The molecule has 0 aromatic heterocycles. The normalized spacial score (nSPS) is 10.4. The molecule has 0 radical (unpaired) electrons. The average molecular weight is 387 g/mol. The Balaban J connectivity index is 1.78. The van der Waals surface area contributed by atoms with E-state index in [1.54, 1.807) is 18.2 Å². The lowest BCUT2D eigenvalue weighted by Crippen LogP contribution is -2.20. The van der Waals surface area contributed by atoms with Gasteiger partial charge in [0.05, 0.1) is 0 Å². The number of anilines is 1. The van der Waals surface area contributed by atoms with Crippen LogP contribution in [0.15, 0.2) is 48.5 Å². The Morgan fingerprint density at radius 2 is 1.68 bits per heavy atom. The zero-order valence-electron chi connectivity index (χ0n) is 15.7. The van der Waals surface area contributed by atoms with Crippen molar-refractivity contribution in [2.45, 2.75) is 20.3 Å². The van der Waals surface area contributed by atoms with E-state index in [9.17, 15) is 18.8 Å². The van der Waals surface area contributed by atoms with Crippen molar-refractivity contribution in [1.29, 1.82) is 0 Å². The van der Waals surface area contributed by atoms with E-state index in [0.717, 1.165) is 0 Å². The number of ketones is 1. The second-order valence-electron chi connectivity index (χ2n) is 6.53. The van der Waals surface area contributed by atoms with E-state index in [1.807, 2.05) is 13.8 Å². The van der Waals surface area contributed by atoms with Crippen molar-refractivity contribution in [3.05, 3.63) is 59.9 Å². The lowest BCUT2D eigenvalue weighted by molar-refractivity contribution is -0.144. The van der Waals surface area contributed by atoms with Gasteiger partial charge in [-0.1, -0.05) is 26.0 Å². The van der Waals surface area contributed by atoms with Gasteiger partial charge in [0.1, 0.15) is 0 Å². The molecule has 0 saturated heterocycles. The summed E-state index contributed by atoms with van der Waals surface area (Å²) < 4.78 is 23.3. The van der Waals surface area contributed by atoms with Crippen molar-refractivity contribution in [2.75, 3.05) is 18.5 Å². The molecule has 0 saturated carbocycles. The van der Waals surface area contributed by atoms with E-state index in [4.69, 9.17) is 9.47 Å². The largest absolute Gasteiger partial charge is 0.479 e. The minimum absolute atomic E-state index is 0.0686. The third-order valence-corrected chi connectivity index (χ3v) is 3.63. The van der Waals surface area contributed by atoms with Crippen LogP contribution in [0.4, 0.5) is 10.1 Å². The molecule has 0 unspecified atom stereocenters. The number of para-hydroxylation sites is 1. The number of ether oxygens (including phenoxy) is 2. The number of Topliss-reactive ketones (excluding diaryl/α,β-unsaturated/α-hetero) is 1. The van der Waals surface area contributed by atoms with Crippen molar-refractivity contribution in [3.63, 3.8) is 0 Å². The Morgan fingerprint density at radius 3 is 2.32 bits per heavy atom. The zero-order chi connectivity index (χ0) is 20.5. The molecule has 0 heterocycles. The minimum atomic E-state index is -0.783. The maximum atomic E-state index is 13.4. The highest BCUT2D eigenvalue weighted by Gasteiger charge is 2.12. The van der Waals surface area contributed by atoms with Gasteiger partial charge in [-0.25, -0.2) is 9.18 Å². The number of rotatable bonds is 9. The summed E-state index contributed by atoms with van der Waals surface area (Å²) in [4.78, 5) is 35.5. The number of carbonyl (C=O) groups excluding carboxylic acids is 3. The lowest BCUT2D eigenvalue weighted by atomic mass is 10.1. The topological polar surface area (TPSA) is 81.7 Å². The van der Waals surface area contributed by atoms with Gasteiger partial charge in [0.25, 0.3) is 0 Å². The molecule has 1 N–H and O–H groups in total. The van der Waals surface area contributed by atoms with E-state index in [2.05, 4.69) is 5.32 Å². The molecule has 7 heteroatoms. The number of nitrogens with one attached hydrogen (secondary N) is 1. The molecule has 1 amide bonds. The highest BCUT2D eigenvalue weighted by atomic mass is 19.1. The smallest absolute Gasteiger partial charge is 0.344 e. The van der Waals surface area contributed by atoms with Crippen LogP contribution < -0.4 is 10.1 Å². The molecule has 0 aliphatic carbocycles. The molecular formula is C21H22FNO5. The van der Waals surface area contributed by atoms with Crippen molar-refractivity contribution in [2.24, 2.45) is 5.92 Å². The van der Waals surface area contributed by atoms with E-state index in [0.29, 0.717) is 17.7 Å². The molecule has 6 nitrogen and oxygen atoms in total. The highest BCUT2D eigenvalue weighted by Crippen LogP contribution is 2.15. The quantitative estimate of drug-likeness (QED) is 0.525. The van der Waals surface area contributed by atoms with Gasteiger partial charge in [0.15, 0.2) is 30.6 Å². The molecule has 0 fully saturated rings. The standard InChI is InChI=1S/C21H22FNO5/c1-14(2)11-20(25)23-16-9-7-15(8-10-16)18(24)12-28-21(26)13-27-19-6-4-3-5-17(19)22/h3-10,14H,11-13H2,1-2H3,(H,23,25). The molecule has 148 valence electrons. The molecular weight excluding hydrogens is 365 g/mol. The number of carbonyl (C=O) groups is 3. The van der Waals surface area contributed by atoms with E-state index >= 15 is 0 Å². The van der Waals surface area contributed by atoms with Crippen LogP contribution in [0.1, 0.15) is 30.6 Å². The van der Waals surface area contributed by atoms with Crippen molar-refractivity contribution >= 4 is 23.3 Å². The number of hydrogen-bond acceptors (Lipinski definition) is 5. The second kappa shape index (κ2) is 10.2. The molecule has 0 atom stereocenters. The summed E-state index contributed by atoms with van der Waals surface area (Å²) >= 11 is 0. The first-order valence-electron chi connectivity index (χ1n) is 8.81. The molecule has 0 spiro atoms. The van der Waals surface area contributed by atoms with Gasteiger partial charge in [-0.3, -0.25) is 9.59 Å². The van der Waals surface area contributed by atoms with Crippen LogP contribution in [0.3, 0.4) is 0 Å². The highest BCUT2D eigenvalue weighted by molar-refractivity contribution is 5.98. The lowest BCUT2D eigenvalue weighted by Gasteiger charge is -2.09. The maximum Gasteiger partial charge on any atom is 0.344 e. The van der Waals surface area contributed by atoms with E-state index < -0.39 is 30.8 Å². The number of hydrogen-bond donors (Lipinski definition) is 1. The van der Waals surface area contributed by atoms with Crippen molar-refractivity contribution in [3.8, 4) is 5.75 Å². The molecule has 2 aromatic carbocycles. The molecule has 28 heavy (non-hydrogen) atoms. The summed E-state index contributed by atoms with van der Waals surface area (Å²) in [7, 11) is 0. The van der Waals surface area contributed by atoms with Crippen LogP contribution in [-0.4, -0.2) is 30.9 Å². The molecule has 2 rings (SSSR count). The number of amides is 1.